The molecule has 0 aliphatic carbocycles. The van der Waals surface area contributed by atoms with Crippen LogP contribution in [-0.4, -0.2) is 36.7 Å². The van der Waals surface area contributed by atoms with Crippen molar-refractivity contribution in [2.24, 2.45) is 0 Å². The van der Waals surface area contributed by atoms with Crippen molar-refractivity contribution < 1.29 is 14.3 Å². The fraction of sp³-hybridized carbons (Fsp3) is 0.389. The van der Waals surface area contributed by atoms with E-state index in [1.807, 2.05) is 35.4 Å². The van der Waals surface area contributed by atoms with Gasteiger partial charge in [0.15, 0.2) is 0 Å². The number of morpholine rings is 1. The van der Waals surface area contributed by atoms with Crippen LogP contribution in [0.5, 0.6) is 5.75 Å². The number of nitrogens with one attached hydrogen (secondary N) is 1. The number of benzene rings is 1. The van der Waals surface area contributed by atoms with Gasteiger partial charge in [-0.3, -0.25) is 0 Å². The Morgan fingerprint density at radius 1 is 1.33 bits per heavy atom. The number of amides is 2. The molecule has 2 aromatic rings. The minimum Gasteiger partial charge on any atom is -0.493 e. The molecule has 1 fully saturated rings. The Morgan fingerprint density at radius 2 is 2.25 bits per heavy atom. The van der Waals surface area contributed by atoms with Gasteiger partial charge in [-0.2, -0.15) is 11.3 Å². The van der Waals surface area contributed by atoms with Gasteiger partial charge < -0.3 is 19.7 Å². The molecular weight excluding hydrogens is 324 g/mol. The van der Waals surface area contributed by atoms with Crippen LogP contribution >= 0.6 is 11.3 Å². The summed E-state index contributed by atoms with van der Waals surface area (Å²) in [5, 5.41) is 7.13. The highest BCUT2D eigenvalue weighted by Gasteiger charge is 2.29. The van der Waals surface area contributed by atoms with Gasteiger partial charge in [0, 0.05) is 18.7 Å². The monoisotopic (exact) mass is 344 g/mol. The number of hydrogen-bond donors (Lipinski definition) is 1. The molecule has 2 amide bonds. The molecule has 0 bridgehead atoms. The number of urea groups is 1. The Balaban J connectivity index is 1.45. The fourth-order valence-electron chi connectivity index (χ4n) is 3.23. The summed E-state index contributed by atoms with van der Waals surface area (Å²) in [6.07, 6.45) is 0.857. The molecule has 1 aromatic heterocycles. The predicted octanol–water partition coefficient (Wildman–Crippen LogP) is 3.68. The number of thiophene rings is 1. The third-order valence-electron chi connectivity index (χ3n) is 4.40. The van der Waals surface area contributed by atoms with Crippen LogP contribution in [0.4, 0.5) is 10.5 Å². The SMILES string of the molecule is CC1CN(C(=O)Nc2ccc3c(c2)CCO3)CC(c2ccsc2)O1. The molecule has 0 saturated carbocycles. The van der Waals surface area contributed by atoms with Crippen molar-refractivity contribution in [1.82, 2.24) is 4.90 Å². The quantitative estimate of drug-likeness (QED) is 0.904. The van der Waals surface area contributed by atoms with Crippen molar-refractivity contribution in [3.05, 3.63) is 46.2 Å². The Labute approximate surface area is 145 Å². The van der Waals surface area contributed by atoms with Crippen LogP contribution in [0, 0.1) is 0 Å². The number of nitrogens with zero attached hydrogens (tertiary/aromatic N) is 1. The van der Waals surface area contributed by atoms with E-state index in [1.165, 1.54) is 0 Å². The van der Waals surface area contributed by atoms with Gasteiger partial charge in [0.05, 0.1) is 19.3 Å². The largest absolute Gasteiger partial charge is 0.493 e. The minimum absolute atomic E-state index is 0.0165. The second-order valence-electron chi connectivity index (χ2n) is 6.25. The molecule has 3 heterocycles. The van der Waals surface area contributed by atoms with Crippen molar-refractivity contribution in [3.63, 3.8) is 0 Å². The lowest BCUT2D eigenvalue weighted by Crippen LogP contribution is -2.47. The second-order valence-corrected chi connectivity index (χ2v) is 7.03. The Bertz CT molecular complexity index is 732. The standard InChI is InChI=1S/C18H20N2O3S/c1-12-9-20(10-17(23-12)14-5-7-24-11-14)18(21)19-15-2-3-16-13(8-15)4-6-22-16/h2-3,5,7-8,11-12,17H,4,6,9-10H2,1H3,(H,19,21). The van der Waals surface area contributed by atoms with Crippen LogP contribution in [0.2, 0.25) is 0 Å². The van der Waals surface area contributed by atoms with Crippen molar-refractivity contribution >= 4 is 23.1 Å². The van der Waals surface area contributed by atoms with Gasteiger partial charge >= 0.3 is 6.03 Å². The van der Waals surface area contributed by atoms with Crippen LogP contribution in [0.1, 0.15) is 24.2 Å². The van der Waals surface area contributed by atoms with Crippen LogP contribution in [0.15, 0.2) is 35.0 Å². The molecular formula is C18H20N2O3S. The van der Waals surface area contributed by atoms with Gasteiger partial charge in [-0.15, -0.1) is 0 Å². The summed E-state index contributed by atoms with van der Waals surface area (Å²) in [5.41, 5.74) is 3.11. The molecule has 6 heteroatoms. The summed E-state index contributed by atoms with van der Waals surface area (Å²) in [4.78, 5) is 14.5. The molecule has 2 aliphatic heterocycles. The van der Waals surface area contributed by atoms with E-state index in [2.05, 4.69) is 16.8 Å². The van der Waals surface area contributed by atoms with E-state index in [0.717, 1.165) is 35.6 Å². The maximum Gasteiger partial charge on any atom is 0.322 e. The first-order valence-electron chi connectivity index (χ1n) is 8.18. The predicted molar refractivity (Wildman–Crippen MR) is 93.8 cm³/mol. The van der Waals surface area contributed by atoms with Gasteiger partial charge in [-0.25, -0.2) is 4.79 Å². The zero-order chi connectivity index (χ0) is 16.5. The molecule has 0 radical (unpaired) electrons. The van der Waals surface area contributed by atoms with E-state index in [1.54, 1.807) is 11.3 Å². The summed E-state index contributed by atoms with van der Waals surface area (Å²) < 4.78 is 11.5. The highest BCUT2D eigenvalue weighted by molar-refractivity contribution is 7.07. The van der Waals surface area contributed by atoms with E-state index in [4.69, 9.17) is 9.47 Å². The molecule has 1 N–H and O–H groups in total. The number of rotatable bonds is 2. The molecule has 4 rings (SSSR count). The summed E-state index contributed by atoms with van der Waals surface area (Å²) in [5.74, 6) is 0.922. The molecule has 24 heavy (non-hydrogen) atoms. The van der Waals surface area contributed by atoms with Crippen molar-refractivity contribution in [2.75, 3.05) is 25.0 Å². The van der Waals surface area contributed by atoms with E-state index in [0.29, 0.717) is 13.1 Å². The fourth-order valence-corrected chi connectivity index (χ4v) is 3.93. The lowest BCUT2D eigenvalue weighted by molar-refractivity contribution is -0.0640. The average Bonchev–Trinajstić information content (AvgIpc) is 3.25. The highest BCUT2D eigenvalue weighted by atomic mass is 32.1. The minimum atomic E-state index is -0.0794. The van der Waals surface area contributed by atoms with Crippen LogP contribution in [0.25, 0.3) is 0 Å². The maximum absolute atomic E-state index is 12.7. The van der Waals surface area contributed by atoms with E-state index >= 15 is 0 Å². The third-order valence-corrected chi connectivity index (χ3v) is 5.10. The molecule has 5 nitrogen and oxygen atoms in total. The zero-order valence-electron chi connectivity index (χ0n) is 13.5. The summed E-state index contributed by atoms with van der Waals surface area (Å²) in [7, 11) is 0. The molecule has 2 aliphatic rings. The first-order valence-corrected chi connectivity index (χ1v) is 9.12. The van der Waals surface area contributed by atoms with Gasteiger partial charge in [0.1, 0.15) is 11.9 Å². The van der Waals surface area contributed by atoms with Crippen molar-refractivity contribution in [2.45, 2.75) is 25.6 Å². The van der Waals surface area contributed by atoms with Crippen LogP contribution in [0.3, 0.4) is 0 Å². The zero-order valence-corrected chi connectivity index (χ0v) is 14.3. The third kappa shape index (κ3) is 3.12. The van der Waals surface area contributed by atoms with Crippen molar-refractivity contribution in [3.8, 4) is 5.75 Å². The average molecular weight is 344 g/mol. The molecule has 1 saturated heterocycles. The lowest BCUT2D eigenvalue weighted by Gasteiger charge is -2.36. The Kier molecular flexibility index (Phi) is 4.16. The number of ether oxygens (including phenoxy) is 2. The number of fused-ring (bicyclic) bond motifs is 1. The smallest absolute Gasteiger partial charge is 0.322 e. The number of carbonyl (C=O) groups is 1. The number of anilines is 1. The summed E-state index contributed by atoms with van der Waals surface area (Å²) in [6, 6.07) is 7.80. The second kappa shape index (κ2) is 6.45. The van der Waals surface area contributed by atoms with Gasteiger partial charge in [0.25, 0.3) is 0 Å². The number of hydrogen-bond acceptors (Lipinski definition) is 4. The highest BCUT2D eigenvalue weighted by Crippen LogP contribution is 2.29. The summed E-state index contributed by atoms with van der Waals surface area (Å²) in [6.45, 7) is 3.89. The Morgan fingerprint density at radius 3 is 3.08 bits per heavy atom. The molecule has 1 aromatic carbocycles. The first kappa shape index (κ1) is 15.5. The van der Waals surface area contributed by atoms with E-state index < -0.39 is 0 Å². The van der Waals surface area contributed by atoms with Crippen LogP contribution in [-0.2, 0) is 11.2 Å². The molecule has 126 valence electrons. The van der Waals surface area contributed by atoms with Crippen LogP contribution < -0.4 is 10.1 Å². The maximum atomic E-state index is 12.7. The molecule has 2 atom stereocenters. The van der Waals surface area contributed by atoms with Gasteiger partial charge in [0.2, 0.25) is 0 Å². The summed E-state index contributed by atoms with van der Waals surface area (Å²) >= 11 is 1.65. The first-order chi connectivity index (χ1) is 11.7. The lowest BCUT2D eigenvalue weighted by atomic mass is 10.1. The Hall–Kier alpha value is -2.05. The molecule has 0 spiro atoms. The van der Waals surface area contributed by atoms with E-state index in [9.17, 15) is 4.79 Å². The van der Waals surface area contributed by atoms with E-state index in [-0.39, 0.29) is 18.2 Å². The van der Waals surface area contributed by atoms with Crippen molar-refractivity contribution in [1.29, 1.82) is 0 Å². The molecule has 2 unspecified atom stereocenters. The number of carbonyl (C=O) groups excluding carboxylic acids is 1. The normalized spacial score (nSPS) is 22.8. The van der Waals surface area contributed by atoms with Gasteiger partial charge in [-0.05, 0) is 53.1 Å². The topological polar surface area (TPSA) is 50.8 Å². The van der Waals surface area contributed by atoms with Gasteiger partial charge in [-0.1, -0.05) is 0 Å².